The second-order valence-electron chi connectivity index (χ2n) is 5.84. The van der Waals surface area contributed by atoms with Crippen LogP contribution in [-0.4, -0.2) is 61.6 Å². The molecule has 2 amide bonds. The number of fused-ring (bicyclic) bond motifs is 1. The van der Waals surface area contributed by atoms with Gasteiger partial charge in [0.1, 0.15) is 22.8 Å². The quantitative estimate of drug-likeness (QED) is 0.239. The van der Waals surface area contributed by atoms with Crippen LogP contribution in [0.25, 0.3) is 0 Å². The Balaban J connectivity index is 1.82. The van der Waals surface area contributed by atoms with Crippen LogP contribution in [-0.2, 0) is 24.0 Å². The highest BCUT2D eigenvalue weighted by Crippen LogP contribution is 2.40. The highest BCUT2D eigenvalue weighted by molar-refractivity contribution is 8.00. The summed E-state index contributed by atoms with van der Waals surface area (Å²) in [6.07, 6.45) is 1.39. The van der Waals surface area contributed by atoms with Gasteiger partial charge in [-0.2, -0.15) is 0 Å². The highest BCUT2D eigenvalue weighted by Gasteiger charge is 2.54. The number of thioether (sulfide) groups is 1. The van der Waals surface area contributed by atoms with E-state index in [0.29, 0.717) is 11.3 Å². The van der Waals surface area contributed by atoms with Gasteiger partial charge >= 0.3 is 11.9 Å². The number of hydrogen-bond donors (Lipinski definition) is 3. The second kappa shape index (κ2) is 8.05. The number of aromatic nitrogens is 1. The Hall–Kier alpha value is -3.19. The summed E-state index contributed by atoms with van der Waals surface area (Å²) in [7, 11) is 0. The van der Waals surface area contributed by atoms with Gasteiger partial charge in [0.15, 0.2) is 10.8 Å². The summed E-state index contributed by atoms with van der Waals surface area (Å²) in [6.45, 7) is 4.68. The molecule has 0 aromatic carbocycles. The molecule has 0 bridgehead atoms. The van der Waals surface area contributed by atoms with E-state index in [4.69, 9.17) is 5.73 Å². The number of oxime groups is 1. The molecule has 0 spiro atoms. The Morgan fingerprint density at radius 1 is 1.52 bits per heavy atom. The first-order valence-corrected chi connectivity index (χ1v) is 9.98. The maximum Gasteiger partial charge on any atom is 0.352 e. The van der Waals surface area contributed by atoms with Crippen molar-refractivity contribution in [2.75, 3.05) is 11.5 Å². The molecule has 1 fully saturated rings. The van der Waals surface area contributed by atoms with Gasteiger partial charge in [0.25, 0.3) is 11.8 Å². The standard InChI is InChI=1S/C16H15N5O6S2/c1-3-7-4-28-14-10(13(24)21(14)11(7)15(25)26)19-12(23)9(20-27-6(2)22)8-5-29-16(17)18-8/h3,5,10,14H,1,4H2,2H3,(H2,17,18)(H,19,23)(H,25,26)/b20-9+. The Bertz CT molecular complexity index is 984. The van der Waals surface area contributed by atoms with E-state index in [-0.39, 0.29) is 22.2 Å². The molecule has 2 aliphatic heterocycles. The van der Waals surface area contributed by atoms with Gasteiger partial charge in [-0.1, -0.05) is 17.8 Å². The Kier molecular flexibility index (Phi) is 5.70. The van der Waals surface area contributed by atoms with Gasteiger partial charge in [-0.05, 0) is 5.57 Å². The molecule has 13 heteroatoms. The van der Waals surface area contributed by atoms with Crippen LogP contribution in [0.3, 0.4) is 0 Å². The van der Waals surface area contributed by atoms with Gasteiger partial charge in [-0.3, -0.25) is 14.5 Å². The number of aliphatic carboxylic acids is 1. The van der Waals surface area contributed by atoms with Crippen molar-refractivity contribution in [1.29, 1.82) is 0 Å². The number of nitrogens with one attached hydrogen (secondary N) is 1. The summed E-state index contributed by atoms with van der Waals surface area (Å²) < 4.78 is 0. The Labute approximate surface area is 172 Å². The van der Waals surface area contributed by atoms with Crippen molar-refractivity contribution in [2.45, 2.75) is 18.3 Å². The molecule has 1 aromatic heterocycles. The van der Waals surface area contributed by atoms with Crippen LogP contribution < -0.4 is 11.1 Å². The largest absolute Gasteiger partial charge is 0.477 e. The first-order chi connectivity index (χ1) is 13.7. The van der Waals surface area contributed by atoms with E-state index in [1.807, 2.05) is 0 Å². The highest BCUT2D eigenvalue weighted by atomic mass is 32.2. The van der Waals surface area contributed by atoms with E-state index in [0.717, 1.165) is 23.2 Å². The third-order valence-electron chi connectivity index (χ3n) is 3.98. The van der Waals surface area contributed by atoms with E-state index < -0.39 is 35.2 Å². The summed E-state index contributed by atoms with van der Waals surface area (Å²) in [6, 6.07) is -0.980. The number of anilines is 1. The van der Waals surface area contributed by atoms with Crippen molar-refractivity contribution in [1.82, 2.24) is 15.2 Å². The summed E-state index contributed by atoms with van der Waals surface area (Å²) in [4.78, 5) is 57.4. The molecular weight excluding hydrogens is 422 g/mol. The van der Waals surface area contributed by atoms with E-state index in [2.05, 4.69) is 26.9 Å². The number of hydrogen-bond acceptors (Lipinski definition) is 10. The molecule has 0 radical (unpaired) electrons. The van der Waals surface area contributed by atoms with Gasteiger partial charge in [0, 0.05) is 18.1 Å². The molecule has 2 atom stereocenters. The lowest BCUT2D eigenvalue weighted by Crippen LogP contribution is -2.71. The van der Waals surface area contributed by atoms with Gasteiger partial charge in [-0.15, -0.1) is 23.1 Å². The molecule has 0 aliphatic carbocycles. The van der Waals surface area contributed by atoms with Crippen molar-refractivity contribution < 1.29 is 29.1 Å². The van der Waals surface area contributed by atoms with Gasteiger partial charge in [0.2, 0.25) is 0 Å². The van der Waals surface area contributed by atoms with E-state index in [9.17, 15) is 24.3 Å². The monoisotopic (exact) mass is 437 g/mol. The molecule has 29 heavy (non-hydrogen) atoms. The van der Waals surface area contributed by atoms with Crippen molar-refractivity contribution >= 4 is 57.7 Å². The predicted octanol–water partition coefficient (Wildman–Crippen LogP) is -0.0829. The normalized spacial score (nSPS) is 21.2. The van der Waals surface area contributed by atoms with Crippen LogP contribution in [0.2, 0.25) is 0 Å². The van der Waals surface area contributed by atoms with Crippen molar-refractivity contribution in [2.24, 2.45) is 5.16 Å². The fourth-order valence-corrected chi connectivity index (χ4v) is 4.61. The molecular formula is C16H15N5O6S2. The van der Waals surface area contributed by atoms with Gasteiger partial charge in [-0.25, -0.2) is 14.6 Å². The number of allylic oxidation sites excluding steroid dienone is 1. The van der Waals surface area contributed by atoms with Crippen LogP contribution in [0, 0.1) is 0 Å². The van der Waals surface area contributed by atoms with Crippen LogP contribution in [0.15, 0.2) is 34.5 Å². The third kappa shape index (κ3) is 3.86. The zero-order valence-corrected chi connectivity index (χ0v) is 16.6. The molecule has 2 unspecified atom stereocenters. The summed E-state index contributed by atoms with van der Waals surface area (Å²) in [5.41, 5.74) is 5.58. The second-order valence-corrected chi connectivity index (χ2v) is 7.83. The number of carboxylic acid groups (broad SMARTS) is 1. The zero-order valence-electron chi connectivity index (χ0n) is 14.9. The van der Waals surface area contributed by atoms with Crippen molar-refractivity contribution in [3.8, 4) is 0 Å². The van der Waals surface area contributed by atoms with Gasteiger partial charge in [0.05, 0.1) is 0 Å². The molecule has 2 aliphatic rings. The third-order valence-corrected chi connectivity index (χ3v) is 5.95. The smallest absolute Gasteiger partial charge is 0.352 e. The summed E-state index contributed by atoms with van der Waals surface area (Å²) in [5.74, 6) is -3.08. The number of nitrogens with zero attached hydrogens (tertiary/aromatic N) is 3. The molecule has 4 N–H and O–H groups in total. The first kappa shape index (κ1) is 20.5. The van der Waals surface area contributed by atoms with Gasteiger partial charge < -0.3 is 21.0 Å². The van der Waals surface area contributed by atoms with Crippen LogP contribution in [0.1, 0.15) is 12.6 Å². The molecule has 1 saturated heterocycles. The average Bonchev–Trinajstić information content (AvgIpc) is 3.10. The first-order valence-electron chi connectivity index (χ1n) is 8.06. The number of nitrogens with two attached hydrogens (primary N) is 1. The van der Waals surface area contributed by atoms with Crippen molar-refractivity contribution in [3.05, 3.63) is 35.0 Å². The minimum atomic E-state index is -1.25. The maximum absolute atomic E-state index is 12.7. The molecule has 152 valence electrons. The fourth-order valence-electron chi connectivity index (χ4n) is 2.72. The lowest BCUT2D eigenvalue weighted by atomic mass is 10.0. The minimum absolute atomic E-state index is 0.0752. The number of rotatable bonds is 6. The van der Waals surface area contributed by atoms with Crippen molar-refractivity contribution in [3.63, 3.8) is 0 Å². The number of amides is 2. The Morgan fingerprint density at radius 2 is 2.24 bits per heavy atom. The van der Waals surface area contributed by atoms with E-state index in [1.54, 1.807) is 0 Å². The number of nitrogen functional groups attached to an aromatic ring is 1. The maximum atomic E-state index is 12.7. The molecule has 3 rings (SSSR count). The molecule has 1 aromatic rings. The molecule has 3 heterocycles. The zero-order chi connectivity index (χ0) is 21.3. The molecule has 0 saturated carbocycles. The average molecular weight is 437 g/mol. The predicted molar refractivity (Wildman–Crippen MR) is 105 cm³/mol. The molecule has 11 nitrogen and oxygen atoms in total. The van der Waals surface area contributed by atoms with E-state index >= 15 is 0 Å². The number of carbonyl (C=O) groups is 4. The topological polar surface area (TPSA) is 164 Å². The fraction of sp³-hybridized carbons (Fsp3) is 0.250. The number of β-lactam (4-membered cyclic amide) rings is 1. The van der Waals surface area contributed by atoms with E-state index in [1.165, 1.54) is 23.2 Å². The number of carboxylic acids is 1. The lowest BCUT2D eigenvalue weighted by Gasteiger charge is -2.49. The lowest BCUT2D eigenvalue weighted by molar-refractivity contribution is -0.150. The number of carbonyl (C=O) groups excluding carboxylic acids is 3. The summed E-state index contributed by atoms with van der Waals surface area (Å²) in [5, 5.41) is 16.5. The summed E-state index contributed by atoms with van der Waals surface area (Å²) >= 11 is 2.34. The van der Waals surface area contributed by atoms with Crippen LogP contribution in [0.4, 0.5) is 5.13 Å². The SMILES string of the molecule is C=CC1=C(C(=O)O)N2C(=O)C(NC(=O)/C(=N/OC(C)=O)c3csc(N)n3)C2SC1. The minimum Gasteiger partial charge on any atom is -0.477 e. The van der Waals surface area contributed by atoms with Crippen LogP contribution >= 0.6 is 23.1 Å². The Morgan fingerprint density at radius 3 is 2.79 bits per heavy atom. The number of thiazole rings is 1. The van der Waals surface area contributed by atoms with Crippen LogP contribution in [0.5, 0.6) is 0 Å².